The number of hydrogen-bond donors (Lipinski definition) is 2. The third kappa shape index (κ3) is 2.67. The molecule has 0 bridgehead atoms. The summed E-state index contributed by atoms with van der Waals surface area (Å²) in [6.45, 7) is 0. The molecule has 1 aromatic carbocycles. The van der Waals surface area contributed by atoms with Gasteiger partial charge in [-0.05, 0) is 18.2 Å². The first-order chi connectivity index (χ1) is 9.97. The molecule has 0 saturated carbocycles. The average Bonchev–Trinajstić information content (AvgIpc) is 2.91. The number of fused-ring (bicyclic) bond motifs is 1. The number of hydrogen-bond acceptors (Lipinski definition) is 4. The largest absolute Gasteiger partial charge is 0.279 e. The predicted molar refractivity (Wildman–Crippen MR) is 81.2 cm³/mol. The summed E-state index contributed by atoms with van der Waals surface area (Å²) in [5, 5.41) is 7.43. The fourth-order valence-corrected chi connectivity index (χ4v) is 3.20. The monoisotopic (exact) mass is 342 g/mol. The van der Waals surface area contributed by atoms with Crippen LogP contribution in [0.1, 0.15) is 0 Å². The van der Waals surface area contributed by atoms with Gasteiger partial charge in [0.15, 0.2) is 0 Å². The van der Waals surface area contributed by atoms with Crippen molar-refractivity contribution in [2.75, 3.05) is 4.72 Å². The first kappa shape index (κ1) is 14.1. The zero-order valence-corrected chi connectivity index (χ0v) is 12.7. The van der Waals surface area contributed by atoms with Crippen molar-refractivity contribution in [3.63, 3.8) is 0 Å². The van der Waals surface area contributed by atoms with Crippen LogP contribution in [-0.2, 0) is 10.0 Å². The minimum absolute atomic E-state index is 0.0487. The molecule has 2 N–H and O–H groups in total. The lowest BCUT2D eigenvalue weighted by Crippen LogP contribution is -2.13. The second-order valence-corrected chi connectivity index (χ2v) is 6.63. The Labute approximate surface area is 130 Å². The molecule has 2 heterocycles. The predicted octanol–water partition coefficient (Wildman–Crippen LogP) is 3.07. The van der Waals surface area contributed by atoms with E-state index in [1.165, 1.54) is 6.07 Å². The zero-order valence-electron chi connectivity index (χ0n) is 10.3. The van der Waals surface area contributed by atoms with Crippen molar-refractivity contribution < 1.29 is 8.42 Å². The van der Waals surface area contributed by atoms with Crippen molar-refractivity contribution in [3.8, 4) is 0 Å². The number of rotatable bonds is 3. The molecule has 0 amide bonds. The molecule has 0 atom stereocenters. The van der Waals surface area contributed by atoms with E-state index < -0.39 is 10.0 Å². The molecule has 3 aromatic rings. The van der Waals surface area contributed by atoms with Crippen LogP contribution in [0.3, 0.4) is 0 Å². The second kappa shape index (κ2) is 5.18. The standard InChI is InChI=1S/C12H8Cl2N4O2S/c13-9-4-7(5-15-12(9)14)21(19,20)18-11-3-1-2-10-8(11)6-16-17-10/h1-6,18H,(H,16,17). The molecule has 0 saturated heterocycles. The van der Waals surface area contributed by atoms with E-state index in [-0.39, 0.29) is 15.1 Å². The van der Waals surface area contributed by atoms with Crippen LogP contribution in [0, 0.1) is 0 Å². The normalized spacial score (nSPS) is 11.7. The second-order valence-electron chi connectivity index (χ2n) is 4.19. The lowest BCUT2D eigenvalue weighted by molar-refractivity contribution is 0.601. The van der Waals surface area contributed by atoms with Crippen molar-refractivity contribution in [1.82, 2.24) is 15.2 Å². The summed E-state index contributed by atoms with van der Waals surface area (Å²) >= 11 is 11.5. The Morgan fingerprint density at radius 2 is 2.00 bits per heavy atom. The zero-order chi connectivity index (χ0) is 15.0. The fourth-order valence-electron chi connectivity index (χ4n) is 1.81. The molecule has 9 heteroatoms. The molecular weight excluding hydrogens is 335 g/mol. The van der Waals surface area contributed by atoms with Crippen LogP contribution < -0.4 is 4.72 Å². The van der Waals surface area contributed by atoms with Gasteiger partial charge in [0.2, 0.25) is 0 Å². The summed E-state index contributed by atoms with van der Waals surface area (Å²) in [5.74, 6) is 0. The lowest BCUT2D eigenvalue weighted by atomic mass is 10.2. The quantitative estimate of drug-likeness (QED) is 0.716. The van der Waals surface area contributed by atoms with E-state index >= 15 is 0 Å². The van der Waals surface area contributed by atoms with Crippen molar-refractivity contribution >= 4 is 49.8 Å². The van der Waals surface area contributed by atoms with Gasteiger partial charge in [-0.2, -0.15) is 5.10 Å². The third-order valence-electron chi connectivity index (χ3n) is 2.81. The van der Waals surface area contributed by atoms with Crippen LogP contribution in [0.15, 0.2) is 41.6 Å². The molecular formula is C12H8Cl2N4O2S. The molecule has 3 rings (SSSR count). The molecule has 0 fully saturated rings. The molecule has 0 radical (unpaired) electrons. The maximum Gasteiger partial charge on any atom is 0.263 e. The number of aromatic nitrogens is 3. The number of nitrogens with one attached hydrogen (secondary N) is 2. The SMILES string of the molecule is O=S(=O)(Nc1cccc2[nH]ncc12)c1cnc(Cl)c(Cl)c1. The summed E-state index contributed by atoms with van der Waals surface area (Å²) in [7, 11) is -3.82. The smallest absolute Gasteiger partial charge is 0.263 e. The molecule has 108 valence electrons. The molecule has 2 aromatic heterocycles. The van der Waals surface area contributed by atoms with Crippen molar-refractivity contribution in [2.24, 2.45) is 0 Å². The van der Waals surface area contributed by atoms with Gasteiger partial charge in [-0.25, -0.2) is 13.4 Å². The molecule has 21 heavy (non-hydrogen) atoms. The maximum absolute atomic E-state index is 12.3. The highest BCUT2D eigenvalue weighted by molar-refractivity contribution is 7.92. The highest BCUT2D eigenvalue weighted by Crippen LogP contribution is 2.26. The first-order valence-corrected chi connectivity index (χ1v) is 7.97. The lowest BCUT2D eigenvalue weighted by Gasteiger charge is -2.09. The highest BCUT2D eigenvalue weighted by Gasteiger charge is 2.18. The van der Waals surface area contributed by atoms with Gasteiger partial charge in [-0.3, -0.25) is 9.82 Å². The Morgan fingerprint density at radius 3 is 2.76 bits per heavy atom. The van der Waals surface area contributed by atoms with E-state index in [2.05, 4.69) is 19.9 Å². The Morgan fingerprint density at radius 1 is 1.19 bits per heavy atom. The minimum Gasteiger partial charge on any atom is -0.279 e. The van der Waals surface area contributed by atoms with E-state index in [4.69, 9.17) is 23.2 Å². The fraction of sp³-hybridized carbons (Fsp3) is 0. The van der Waals surface area contributed by atoms with Crippen molar-refractivity contribution in [3.05, 3.63) is 46.8 Å². The van der Waals surface area contributed by atoms with Crippen LogP contribution in [0.2, 0.25) is 10.2 Å². The van der Waals surface area contributed by atoms with E-state index in [0.29, 0.717) is 11.1 Å². The number of aromatic amines is 1. The van der Waals surface area contributed by atoms with E-state index in [1.54, 1.807) is 24.4 Å². The van der Waals surface area contributed by atoms with Crippen LogP contribution in [0.4, 0.5) is 5.69 Å². The number of benzene rings is 1. The highest BCUT2D eigenvalue weighted by atomic mass is 35.5. The van der Waals surface area contributed by atoms with Gasteiger partial charge in [0.25, 0.3) is 10.0 Å². The van der Waals surface area contributed by atoms with Crippen LogP contribution >= 0.6 is 23.2 Å². The third-order valence-corrected chi connectivity index (χ3v) is 4.83. The summed E-state index contributed by atoms with van der Waals surface area (Å²) in [5.41, 5.74) is 1.13. The topological polar surface area (TPSA) is 87.7 Å². The van der Waals surface area contributed by atoms with Gasteiger partial charge in [-0.1, -0.05) is 29.3 Å². The average molecular weight is 343 g/mol. The van der Waals surface area contributed by atoms with Gasteiger partial charge < -0.3 is 0 Å². The molecule has 6 nitrogen and oxygen atoms in total. The van der Waals surface area contributed by atoms with E-state index in [0.717, 1.165) is 11.7 Å². The van der Waals surface area contributed by atoms with Crippen LogP contribution in [0.5, 0.6) is 0 Å². The number of H-pyrrole nitrogens is 1. The summed E-state index contributed by atoms with van der Waals surface area (Å²) < 4.78 is 27.2. The Bertz CT molecular complexity index is 924. The molecule has 0 aliphatic heterocycles. The van der Waals surface area contributed by atoms with Gasteiger partial charge in [0, 0.05) is 11.6 Å². The molecule has 0 unspecified atom stereocenters. The molecule has 0 aliphatic rings. The number of pyridine rings is 1. The van der Waals surface area contributed by atoms with E-state index in [1.807, 2.05) is 0 Å². The molecule has 0 aliphatic carbocycles. The number of sulfonamides is 1. The van der Waals surface area contributed by atoms with Gasteiger partial charge in [0.1, 0.15) is 10.0 Å². The Kier molecular flexibility index (Phi) is 3.48. The number of nitrogens with zero attached hydrogens (tertiary/aromatic N) is 2. The molecule has 0 spiro atoms. The van der Waals surface area contributed by atoms with Gasteiger partial charge in [-0.15, -0.1) is 0 Å². The van der Waals surface area contributed by atoms with E-state index in [9.17, 15) is 8.42 Å². The van der Waals surface area contributed by atoms with Gasteiger partial charge >= 0.3 is 0 Å². The Balaban J connectivity index is 2.03. The summed E-state index contributed by atoms with van der Waals surface area (Å²) in [4.78, 5) is 3.66. The summed E-state index contributed by atoms with van der Waals surface area (Å²) in [6.07, 6.45) is 2.69. The van der Waals surface area contributed by atoms with Crippen molar-refractivity contribution in [2.45, 2.75) is 4.90 Å². The van der Waals surface area contributed by atoms with Crippen molar-refractivity contribution in [1.29, 1.82) is 0 Å². The minimum atomic E-state index is -3.82. The Hall–Kier alpha value is -1.83. The number of halogens is 2. The van der Waals surface area contributed by atoms with Crippen LogP contribution in [-0.4, -0.2) is 23.6 Å². The van der Waals surface area contributed by atoms with Crippen LogP contribution in [0.25, 0.3) is 10.9 Å². The maximum atomic E-state index is 12.3. The first-order valence-electron chi connectivity index (χ1n) is 5.73. The summed E-state index contributed by atoms with van der Waals surface area (Å²) in [6, 6.07) is 6.39. The van der Waals surface area contributed by atoms with Gasteiger partial charge in [0.05, 0.1) is 22.4 Å². The number of anilines is 1.